The Labute approximate surface area is 110 Å². The second kappa shape index (κ2) is 8.57. The lowest BCUT2D eigenvalue weighted by Crippen LogP contribution is -2.43. The number of hydrogen-bond acceptors (Lipinski definition) is 5. The van der Waals surface area contributed by atoms with Crippen LogP contribution in [0.4, 0.5) is 9.59 Å². The Morgan fingerprint density at radius 3 is 2.28 bits per heavy atom. The zero-order chi connectivity index (χ0) is 14.1. The number of hydrogen-bond donors (Lipinski definition) is 2. The van der Waals surface area contributed by atoms with E-state index in [0.717, 1.165) is 0 Å². The Bertz CT molecular complexity index is 309. The normalized spacial score (nSPS) is 11.6. The van der Waals surface area contributed by atoms with Crippen molar-refractivity contribution in [2.75, 3.05) is 19.6 Å². The number of alkyl halides is 1. The summed E-state index contributed by atoms with van der Waals surface area (Å²) < 4.78 is 9.23. The predicted molar refractivity (Wildman–Crippen MR) is 64.4 cm³/mol. The molecule has 104 valence electrons. The maximum Gasteiger partial charge on any atom is 0.413 e. The van der Waals surface area contributed by atoms with Gasteiger partial charge >= 0.3 is 12.2 Å². The maximum atomic E-state index is 11.1. The first-order valence-electron chi connectivity index (χ1n) is 5.27. The lowest BCUT2D eigenvalue weighted by atomic mass is 10.1. The van der Waals surface area contributed by atoms with E-state index < -0.39 is 24.1 Å². The Hall–Kier alpha value is -1.50. The molecular formula is C10H17ClN2O5. The van der Waals surface area contributed by atoms with Crippen molar-refractivity contribution in [1.29, 1.82) is 0 Å². The first kappa shape index (κ1) is 16.5. The molecule has 0 saturated carbocycles. The summed E-state index contributed by atoms with van der Waals surface area (Å²) in [7, 11) is 1.24. The van der Waals surface area contributed by atoms with Crippen molar-refractivity contribution in [2.45, 2.75) is 19.9 Å². The summed E-state index contributed by atoms with van der Waals surface area (Å²) in [5, 5.41) is 4.43. The molecule has 0 aliphatic rings. The van der Waals surface area contributed by atoms with Crippen LogP contribution in [0.15, 0.2) is 0 Å². The van der Waals surface area contributed by atoms with Gasteiger partial charge in [0.2, 0.25) is 5.91 Å². The highest BCUT2D eigenvalue weighted by Crippen LogP contribution is 2.02. The molecule has 0 saturated heterocycles. The van der Waals surface area contributed by atoms with Crippen LogP contribution in [0.3, 0.4) is 0 Å². The van der Waals surface area contributed by atoms with Gasteiger partial charge in [0.25, 0.3) is 0 Å². The van der Waals surface area contributed by atoms with Gasteiger partial charge in [0.15, 0.2) is 0 Å². The van der Waals surface area contributed by atoms with Crippen molar-refractivity contribution in [3.63, 3.8) is 0 Å². The number of halogens is 1. The molecule has 18 heavy (non-hydrogen) atoms. The number of carbonyl (C=O) groups is 3. The Kier molecular flexibility index (Phi) is 7.86. The van der Waals surface area contributed by atoms with Crippen LogP contribution in [0, 0.1) is 5.92 Å². The number of rotatable bonds is 5. The SMILES string of the molecule is COC(=O)N[C@@H](COC(=O)NC(=O)CCl)C(C)C. The van der Waals surface area contributed by atoms with Crippen LogP contribution in [0.25, 0.3) is 0 Å². The summed E-state index contributed by atoms with van der Waals surface area (Å²) in [4.78, 5) is 33.0. The Morgan fingerprint density at radius 2 is 1.83 bits per heavy atom. The second-order valence-electron chi connectivity index (χ2n) is 3.77. The van der Waals surface area contributed by atoms with Crippen LogP contribution in [-0.2, 0) is 14.3 Å². The zero-order valence-electron chi connectivity index (χ0n) is 10.5. The van der Waals surface area contributed by atoms with Crippen molar-refractivity contribution in [1.82, 2.24) is 10.6 Å². The number of ether oxygens (including phenoxy) is 2. The maximum absolute atomic E-state index is 11.1. The lowest BCUT2D eigenvalue weighted by molar-refractivity contribution is -0.118. The molecule has 0 fully saturated rings. The second-order valence-corrected chi connectivity index (χ2v) is 4.03. The summed E-state index contributed by atoms with van der Waals surface area (Å²) in [6.07, 6.45) is -1.52. The quantitative estimate of drug-likeness (QED) is 0.729. The molecule has 0 rings (SSSR count). The topological polar surface area (TPSA) is 93.7 Å². The monoisotopic (exact) mass is 280 g/mol. The third-order valence-corrected chi connectivity index (χ3v) is 2.29. The Balaban J connectivity index is 4.15. The first-order chi connectivity index (χ1) is 8.40. The van der Waals surface area contributed by atoms with Gasteiger partial charge in [0.05, 0.1) is 13.2 Å². The highest BCUT2D eigenvalue weighted by molar-refractivity contribution is 6.28. The molecule has 0 spiro atoms. The zero-order valence-corrected chi connectivity index (χ0v) is 11.2. The standard InChI is InChI=1S/C10H17ClN2O5/c1-6(2)7(12-9(15)17-3)5-18-10(16)13-8(14)4-11/h6-7H,4-5H2,1-3H3,(H,12,15)(H,13,14,16)/t7-/m0/s1. The summed E-state index contributed by atoms with van der Waals surface area (Å²) in [6.45, 7) is 3.60. The molecule has 0 unspecified atom stereocenters. The van der Waals surface area contributed by atoms with Gasteiger partial charge in [-0.3, -0.25) is 10.1 Å². The number of amides is 3. The predicted octanol–water partition coefficient (Wildman–Crippen LogP) is 0.859. The van der Waals surface area contributed by atoms with Gasteiger partial charge in [-0.2, -0.15) is 0 Å². The molecule has 1 atom stereocenters. The average Bonchev–Trinajstić information content (AvgIpc) is 2.33. The fourth-order valence-electron chi connectivity index (χ4n) is 0.960. The molecule has 0 aliphatic carbocycles. The number of methoxy groups -OCH3 is 1. The molecule has 0 bridgehead atoms. The molecule has 0 aromatic heterocycles. The molecule has 3 amide bonds. The van der Waals surface area contributed by atoms with E-state index >= 15 is 0 Å². The number of carbonyl (C=O) groups excluding carboxylic acids is 3. The molecule has 8 heteroatoms. The van der Waals surface area contributed by atoms with Gasteiger partial charge in [0, 0.05) is 0 Å². The molecule has 0 aromatic carbocycles. The smallest absolute Gasteiger partial charge is 0.413 e. The van der Waals surface area contributed by atoms with Crippen LogP contribution >= 0.6 is 11.6 Å². The summed E-state index contributed by atoms with van der Waals surface area (Å²) in [5.41, 5.74) is 0. The molecule has 0 heterocycles. The van der Waals surface area contributed by atoms with Gasteiger partial charge in [-0.25, -0.2) is 9.59 Å². The number of nitrogens with one attached hydrogen (secondary N) is 2. The van der Waals surface area contributed by atoms with Crippen LogP contribution in [-0.4, -0.2) is 43.7 Å². The van der Waals surface area contributed by atoms with Gasteiger partial charge < -0.3 is 14.8 Å². The number of imide groups is 1. The first-order valence-corrected chi connectivity index (χ1v) is 5.81. The van der Waals surface area contributed by atoms with Gasteiger partial charge in [-0.15, -0.1) is 11.6 Å². The van der Waals surface area contributed by atoms with Gasteiger partial charge in [-0.05, 0) is 5.92 Å². The Morgan fingerprint density at radius 1 is 1.22 bits per heavy atom. The van der Waals surface area contributed by atoms with Crippen molar-refractivity contribution >= 4 is 29.7 Å². The van der Waals surface area contributed by atoms with Crippen molar-refractivity contribution in [3.8, 4) is 0 Å². The van der Waals surface area contributed by atoms with E-state index in [1.165, 1.54) is 7.11 Å². The molecular weight excluding hydrogens is 264 g/mol. The van der Waals surface area contributed by atoms with E-state index in [4.69, 9.17) is 16.3 Å². The molecule has 2 N–H and O–H groups in total. The van der Waals surface area contributed by atoms with Crippen molar-refractivity contribution in [3.05, 3.63) is 0 Å². The van der Waals surface area contributed by atoms with Crippen LogP contribution in [0.2, 0.25) is 0 Å². The van der Waals surface area contributed by atoms with E-state index in [-0.39, 0.29) is 18.4 Å². The largest absolute Gasteiger partial charge is 0.453 e. The minimum atomic E-state index is -0.905. The van der Waals surface area contributed by atoms with Crippen molar-refractivity contribution < 1.29 is 23.9 Å². The third-order valence-electron chi connectivity index (χ3n) is 2.05. The molecule has 0 aromatic rings. The van der Waals surface area contributed by atoms with E-state index in [9.17, 15) is 14.4 Å². The number of alkyl carbamates (subject to hydrolysis) is 2. The summed E-state index contributed by atoms with van der Waals surface area (Å²) >= 11 is 5.20. The lowest BCUT2D eigenvalue weighted by Gasteiger charge is -2.21. The van der Waals surface area contributed by atoms with Crippen LogP contribution < -0.4 is 10.6 Å². The molecule has 0 aliphatic heterocycles. The third kappa shape index (κ3) is 6.95. The molecule has 0 radical (unpaired) electrons. The van der Waals surface area contributed by atoms with Crippen LogP contribution in [0.1, 0.15) is 13.8 Å². The highest BCUT2D eigenvalue weighted by Gasteiger charge is 2.19. The van der Waals surface area contributed by atoms with Crippen LogP contribution in [0.5, 0.6) is 0 Å². The summed E-state index contributed by atoms with van der Waals surface area (Å²) in [5.74, 6) is -0.951. The summed E-state index contributed by atoms with van der Waals surface area (Å²) in [6, 6.07) is -0.408. The van der Waals surface area contributed by atoms with E-state index in [1.54, 1.807) is 0 Å². The van der Waals surface area contributed by atoms with Crippen molar-refractivity contribution in [2.24, 2.45) is 5.92 Å². The average molecular weight is 281 g/mol. The fourth-order valence-corrected chi connectivity index (χ4v) is 1.03. The van der Waals surface area contributed by atoms with Gasteiger partial charge in [0.1, 0.15) is 12.5 Å². The van der Waals surface area contributed by atoms with E-state index in [0.29, 0.717) is 0 Å². The van der Waals surface area contributed by atoms with Gasteiger partial charge in [-0.1, -0.05) is 13.8 Å². The van der Waals surface area contributed by atoms with E-state index in [2.05, 4.69) is 10.1 Å². The minimum Gasteiger partial charge on any atom is -0.453 e. The minimum absolute atomic E-state index is 0.0284. The highest BCUT2D eigenvalue weighted by atomic mass is 35.5. The fraction of sp³-hybridized carbons (Fsp3) is 0.700. The molecule has 7 nitrogen and oxygen atoms in total. The van der Waals surface area contributed by atoms with E-state index in [1.807, 2.05) is 19.2 Å².